The minimum atomic E-state index is -3.02. The minimum Gasteiger partial charge on any atom is -0.312 e. The van der Waals surface area contributed by atoms with Crippen LogP contribution in [0.5, 0.6) is 0 Å². The van der Waals surface area contributed by atoms with E-state index >= 15 is 0 Å². The molecule has 0 aromatic carbocycles. The summed E-state index contributed by atoms with van der Waals surface area (Å²) in [5.74, 6) is 0. The first-order chi connectivity index (χ1) is 8.59. The third-order valence-corrected chi connectivity index (χ3v) is 4.89. The monoisotopic (exact) mass is 291 g/mol. The highest BCUT2D eigenvalue weighted by molar-refractivity contribution is 7.88. The smallest absolute Gasteiger partial charge is 0.211 e. The standard InChI is InChI=1S/C13H29N3O2S/c1-12(6-7-14-13(2,3)4)15-8-10-16(11-9-15)19(5,17)18/h12,14H,6-11H2,1-5H3. The zero-order chi connectivity index (χ0) is 14.7. The molecule has 0 saturated carbocycles. The Hall–Kier alpha value is -0.170. The van der Waals surface area contributed by atoms with Gasteiger partial charge in [0.1, 0.15) is 0 Å². The molecule has 0 bridgehead atoms. The number of nitrogens with one attached hydrogen (secondary N) is 1. The molecule has 1 N–H and O–H groups in total. The van der Waals surface area contributed by atoms with Crippen molar-refractivity contribution < 1.29 is 8.42 Å². The Morgan fingerprint density at radius 1 is 1.16 bits per heavy atom. The Kier molecular flexibility index (Phi) is 5.79. The van der Waals surface area contributed by atoms with Crippen molar-refractivity contribution in [2.75, 3.05) is 39.0 Å². The molecule has 1 fully saturated rings. The van der Waals surface area contributed by atoms with Crippen LogP contribution < -0.4 is 5.32 Å². The van der Waals surface area contributed by atoms with E-state index in [0.717, 1.165) is 26.1 Å². The Balaban J connectivity index is 2.31. The van der Waals surface area contributed by atoms with E-state index in [4.69, 9.17) is 0 Å². The van der Waals surface area contributed by atoms with Gasteiger partial charge in [0.2, 0.25) is 10.0 Å². The van der Waals surface area contributed by atoms with Crippen LogP contribution in [0.2, 0.25) is 0 Å². The van der Waals surface area contributed by atoms with Crippen LogP contribution in [-0.2, 0) is 10.0 Å². The van der Waals surface area contributed by atoms with Crippen molar-refractivity contribution in [3.05, 3.63) is 0 Å². The molecular formula is C13H29N3O2S. The highest BCUT2D eigenvalue weighted by Crippen LogP contribution is 2.11. The van der Waals surface area contributed by atoms with Gasteiger partial charge in [-0.1, -0.05) is 0 Å². The predicted molar refractivity (Wildman–Crippen MR) is 79.8 cm³/mol. The number of piperazine rings is 1. The quantitative estimate of drug-likeness (QED) is 0.811. The lowest BCUT2D eigenvalue weighted by molar-refractivity contribution is 0.138. The number of rotatable bonds is 5. The van der Waals surface area contributed by atoms with Crippen LogP contribution in [0.4, 0.5) is 0 Å². The van der Waals surface area contributed by atoms with Crippen LogP contribution in [0, 0.1) is 0 Å². The SMILES string of the molecule is CC(CCNC(C)(C)C)N1CCN(S(C)(=O)=O)CC1. The molecule has 19 heavy (non-hydrogen) atoms. The predicted octanol–water partition coefficient (Wildman–Crippen LogP) is 0.730. The maximum atomic E-state index is 11.4. The first-order valence-corrected chi connectivity index (χ1v) is 8.88. The molecule has 0 radical (unpaired) electrons. The van der Waals surface area contributed by atoms with Gasteiger partial charge in [0.15, 0.2) is 0 Å². The van der Waals surface area contributed by atoms with Gasteiger partial charge in [-0.2, -0.15) is 4.31 Å². The van der Waals surface area contributed by atoms with E-state index in [1.807, 2.05) is 0 Å². The fourth-order valence-electron chi connectivity index (χ4n) is 2.31. The highest BCUT2D eigenvalue weighted by atomic mass is 32.2. The summed E-state index contributed by atoms with van der Waals surface area (Å²) in [7, 11) is -3.02. The van der Waals surface area contributed by atoms with Crippen LogP contribution in [0.25, 0.3) is 0 Å². The van der Waals surface area contributed by atoms with Gasteiger partial charge in [0.05, 0.1) is 6.26 Å². The lowest BCUT2D eigenvalue weighted by atomic mass is 10.1. The van der Waals surface area contributed by atoms with Gasteiger partial charge in [-0.15, -0.1) is 0 Å². The molecule has 1 saturated heterocycles. The first kappa shape index (κ1) is 16.9. The summed E-state index contributed by atoms with van der Waals surface area (Å²) in [6, 6.07) is 0.497. The van der Waals surface area contributed by atoms with Crippen LogP contribution in [0.3, 0.4) is 0 Å². The van der Waals surface area contributed by atoms with Crippen molar-refractivity contribution in [1.82, 2.24) is 14.5 Å². The maximum Gasteiger partial charge on any atom is 0.211 e. The molecular weight excluding hydrogens is 262 g/mol. The van der Waals surface area contributed by atoms with Crippen LogP contribution in [0.15, 0.2) is 0 Å². The van der Waals surface area contributed by atoms with Gasteiger partial charge in [0.25, 0.3) is 0 Å². The topological polar surface area (TPSA) is 52.6 Å². The van der Waals surface area contributed by atoms with Gasteiger partial charge in [0, 0.05) is 37.8 Å². The molecule has 1 atom stereocenters. The summed E-state index contributed by atoms with van der Waals surface area (Å²) in [5.41, 5.74) is 0.161. The lowest BCUT2D eigenvalue weighted by Gasteiger charge is -2.37. The highest BCUT2D eigenvalue weighted by Gasteiger charge is 2.25. The largest absolute Gasteiger partial charge is 0.312 e. The van der Waals surface area contributed by atoms with E-state index in [9.17, 15) is 8.42 Å². The van der Waals surface area contributed by atoms with Gasteiger partial charge in [-0.3, -0.25) is 4.90 Å². The zero-order valence-corrected chi connectivity index (χ0v) is 13.8. The molecule has 0 spiro atoms. The fourth-order valence-corrected chi connectivity index (χ4v) is 3.14. The summed E-state index contributed by atoms with van der Waals surface area (Å²) in [6.07, 6.45) is 2.38. The number of hydrogen-bond donors (Lipinski definition) is 1. The Labute approximate surface area is 118 Å². The average Bonchev–Trinajstić information content (AvgIpc) is 2.26. The molecule has 0 aromatic rings. The van der Waals surface area contributed by atoms with Gasteiger partial charge in [-0.25, -0.2) is 8.42 Å². The fraction of sp³-hybridized carbons (Fsp3) is 1.00. The summed E-state index contributed by atoms with van der Waals surface area (Å²) >= 11 is 0. The average molecular weight is 291 g/mol. The van der Waals surface area contributed by atoms with Crippen molar-refractivity contribution in [2.24, 2.45) is 0 Å². The maximum absolute atomic E-state index is 11.4. The van der Waals surface area contributed by atoms with E-state index < -0.39 is 10.0 Å². The lowest BCUT2D eigenvalue weighted by Crippen LogP contribution is -2.51. The third-order valence-electron chi connectivity index (χ3n) is 3.58. The number of hydrogen-bond acceptors (Lipinski definition) is 4. The van der Waals surface area contributed by atoms with Crippen LogP contribution in [0.1, 0.15) is 34.1 Å². The molecule has 0 amide bonds. The summed E-state index contributed by atoms with van der Waals surface area (Å²) in [4.78, 5) is 2.38. The molecule has 1 heterocycles. The van der Waals surface area contributed by atoms with Crippen molar-refractivity contribution in [3.8, 4) is 0 Å². The van der Waals surface area contributed by atoms with Crippen LogP contribution in [-0.4, -0.2) is 68.2 Å². The molecule has 1 aliphatic rings. The van der Waals surface area contributed by atoms with Gasteiger partial charge >= 0.3 is 0 Å². The molecule has 5 nitrogen and oxygen atoms in total. The van der Waals surface area contributed by atoms with Gasteiger partial charge in [-0.05, 0) is 40.7 Å². The van der Waals surface area contributed by atoms with Crippen molar-refractivity contribution in [3.63, 3.8) is 0 Å². The minimum absolute atomic E-state index is 0.161. The second kappa shape index (κ2) is 6.52. The molecule has 1 rings (SSSR count). The molecule has 6 heteroatoms. The summed E-state index contributed by atoms with van der Waals surface area (Å²) in [5, 5.41) is 3.49. The van der Waals surface area contributed by atoms with Gasteiger partial charge < -0.3 is 5.32 Å². The van der Waals surface area contributed by atoms with Crippen molar-refractivity contribution >= 4 is 10.0 Å². The summed E-state index contributed by atoms with van der Waals surface area (Å²) < 4.78 is 24.5. The second-order valence-electron chi connectivity index (χ2n) is 6.51. The Morgan fingerprint density at radius 2 is 1.68 bits per heavy atom. The van der Waals surface area contributed by atoms with E-state index in [1.54, 1.807) is 4.31 Å². The number of sulfonamides is 1. The first-order valence-electron chi connectivity index (χ1n) is 7.04. The number of nitrogens with zero attached hydrogens (tertiary/aromatic N) is 2. The van der Waals surface area contributed by atoms with E-state index in [1.165, 1.54) is 6.26 Å². The Bertz CT molecular complexity index is 368. The Morgan fingerprint density at radius 3 is 2.11 bits per heavy atom. The van der Waals surface area contributed by atoms with Crippen LogP contribution >= 0.6 is 0 Å². The van der Waals surface area contributed by atoms with Crippen molar-refractivity contribution in [2.45, 2.75) is 45.7 Å². The molecule has 114 valence electrons. The van der Waals surface area contributed by atoms with E-state index in [-0.39, 0.29) is 5.54 Å². The van der Waals surface area contributed by atoms with Crippen molar-refractivity contribution in [1.29, 1.82) is 0 Å². The molecule has 0 aromatic heterocycles. The van der Waals surface area contributed by atoms with E-state index in [0.29, 0.717) is 19.1 Å². The molecule has 0 aliphatic carbocycles. The zero-order valence-electron chi connectivity index (χ0n) is 12.9. The third kappa shape index (κ3) is 6.21. The normalized spacial score (nSPS) is 21.5. The van der Waals surface area contributed by atoms with E-state index in [2.05, 4.69) is 37.9 Å². The molecule has 1 aliphatic heterocycles. The second-order valence-corrected chi connectivity index (χ2v) is 8.49. The molecule has 1 unspecified atom stereocenters. The summed E-state index contributed by atoms with van der Waals surface area (Å²) in [6.45, 7) is 12.6.